The van der Waals surface area contributed by atoms with Gasteiger partial charge in [-0.2, -0.15) is 13.2 Å². The maximum atomic E-state index is 12.8. The number of amides is 1. The van der Waals surface area contributed by atoms with E-state index < -0.39 is 11.7 Å². The van der Waals surface area contributed by atoms with Crippen molar-refractivity contribution in [3.05, 3.63) is 64.5 Å². The Morgan fingerprint density at radius 3 is 2.36 bits per heavy atom. The lowest BCUT2D eigenvalue weighted by molar-refractivity contribution is -0.137. The van der Waals surface area contributed by atoms with Crippen molar-refractivity contribution in [2.24, 2.45) is 5.92 Å². The first-order valence-electron chi connectivity index (χ1n) is 13.0. The van der Waals surface area contributed by atoms with Crippen LogP contribution in [0, 0.1) is 12.8 Å². The van der Waals surface area contributed by atoms with Crippen LogP contribution in [-0.4, -0.2) is 56.6 Å². The van der Waals surface area contributed by atoms with Crippen LogP contribution in [0.15, 0.2) is 42.5 Å². The number of rotatable bonds is 8. The molecule has 2 aliphatic heterocycles. The number of nitrogens with zero attached hydrogens (tertiary/aromatic N) is 3. The first-order chi connectivity index (χ1) is 17.3. The lowest BCUT2D eigenvalue weighted by Gasteiger charge is -2.37. The van der Waals surface area contributed by atoms with Crippen LogP contribution in [0.2, 0.25) is 0 Å². The van der Waals surface area contributed by atoms with Gasteiger partial charge in [-0.05, 0) is 55.5 Å². The van der Waals surface area contributed by atoms with Crippen molar-refractivity contribution in [1.82, 2.24) is 10.2 Å². The number of likely N-dealkylation sites (tertiary alicyclic amines) is 1. The number of nitrogens with one attached hydrogen (secondary N) is 1. The predicted molar refractivity (Wildman–Crippen MR) is 138 cm³/mol. The fourth-order valence-electron chi connectivity index (χ4n) is 5.22. The molecule has 0 radical (unpaired) electrons. The van der Waals surface area contributed by atoms with E-state index in [2.05, 4.69) is 35.3 Å². The van der Waals surface area contributed by atoms with Gasteiger partial charge in [0, 0.05) is 50.5 Å². The lowest BCUT2D eigenvalue weighted by Crippen LogP contribution is -2.43. The molecule has 0 aromatic heterocycles. The topological polar surface area (TPSA) is 49.7 Å². The fourth-order valence-corrected chi connectivity index (χ4v) is 5.22. The third-order valence-electron chi connectivity index (χ3n) is 7.31. The van der Waals surface area contributed by atoms with Gasteiger partial charge in [-0.25, -0.2) is 0 Å². The summed E-state index contributed by atoms with van der Waals surface area (Å²) in [6, 6.07) is 10.9. The Hall–Kier alpha value is -2.74. The van der Waals surface area contributed by atoms with E-state index in [1.165, 1.54) is 23.4 Å². The van der Waals surface area contributed by atoms with Crippen LogP contribution in [0.1, 0.15) is 53.6 Å². The van der Waals surface area contributed by atoms with Gasteiger partial charge < -0.3 is 20.4 Å². The Morgan fingerprint density at radius 1 is 1.00 bits per heavy atom. The number of carbonyl (C=O) groups excluding carboxylic acids is 1. The molecule has 0 bridgehead atoms. The van der Waals surface area contributed by atoms with Crippen molar-refractivity contribution in [3.8, 4) is 0 Å². The van der Waals surface area contributed by atoms with Crippen molar-refractivity contribution >= 4 is 17.3 Å². The highest BCUT2D eigenvalue weighted by Crippen LogP contribution is 2.36. The van der Waals surface area contributed by atoms with Crippen molar-refractivity contribution in [2.75, 3.05) is 50.7 Å². The molecule has 36 heavy (non-hydrogen) atoms. The molecule has 5 nitrogen and oxygen atoms in total. The number of halogens is 3. The number of carbonyl (C=O) groups is 1. The molecule has 2 aromatic rings. The van der Waals surface area contributed by atoms with E-state index in [1.807, 2.05) is 0 Å². The Morgan fingerprint density at radius 2 is 1.69 bits per heavy atom. The highest BCUT2D eigenvalue weighted by molar-refractivity contribution is 5.94. The monoisotopic (exact) mass is 501 g/mol. The minimum absolute atomic E-state index is 0.181. The van der Waals surface area contributed by atoms with Crippen molar-refractivity contribution in [2.45, 2.75) is 45.2 Å². The van der Waals surface area contributed by atoms with Crippen molar-refractivity contribution in [1.29, 1.82) is 0 Å². The van der Waals surface area contributed by atoms with Crippen molar-refractivity contribution < 1.29 is 18.0 Å². The first-order valence-corrected chi connectivity index (χ1v) is 13.0. The number of hydrogen-bond donors (Lipinski definition) is 1. The van der Waals surface area contributed by atoms with Crippen molar-refractivity contribution in [3.63, 3.8) is 0 Å². The van der Waals surface area contributed by atoms with Gasteiger partial charge in [-0.15, -0.1) is 12.2 Å². The average molecular weight is 502 g/mol. The SMILES string of the molecule is Cc1cccc([N-]CCCCC2CCN(C(=O)c3ccc(C(F)(F)F)cc3)CC2)c1N1CCNCC1. The molecule has 0 atom stereocenters. The number of alkyl halides is 3. The molecule has 2 heterocycles. The van der Waals surface area contributed by atoms with Crippen LogP contribution >= 0.6 is 0 Å². The lowest BCUT2D eigenvalue weighted by atomic mass is 9.91. The molecule has 0 saturated carbocycles. The third-order valence-corrected chi connectivity index (χ3v) is 7.31. The Kier molecular flexibility index (Phi) is 8.77. The fraction of sp³-hybridized carbons (Fsp3) is 0.536. The summed E-state index contributed by atoms with van der Waals surface area (Å²) >= 11 is 0. The molecule has 2 aromatic carbocycles. The van der Waals surface area contributed by atoms with E-state index in [4.69, 9.17) is 5.32 Å². The number of para-hydroxylation sites is 1. The molecule has 1 N–H and O–H groups in total. The quantitative estimate of drug-likeness (QED) is 0.442. The van der Waals surface area contributed by atoms with Gasteiger partial charge >= 0.3 is 6.18 Å². The van der Waals surface area contributed by atoms with E-state index in [9.17, 15) is 18.0 Å². The van der Waals surface area contributed by atoms with Crippen LogP contribution in [0.4, 0.5) is 24.5 Å². The molecule has 1 amide bonds. The Balaban J connectivity index is 1.17. The van der Waals surface area contributed by atoms with Crippen LogP contribution < -0.4 is 10.2 Å². The second-order valence-corrected chi connectivity index (χ2v) is 9.87. The minimum Gasteiger partial charge on any atom is -0.683 e. The zero-order chi connectivity index (χ0) is 25.5. The molecule has 8 heteroatoms. The molecule has 2 aliphatic rings. The Labute approximate surface area is 212 Å². The van der Waals surface area contributed by atoms with Crippen LogP contribution in [0.25, 0.3) is 5.32 Å². The highest BCUT2D eigenvalue weighted by atomic mass is 19.4. The summed E-state index contributed by atoms with van der Waals surface area (Å²) < 4.78 is 38.3. The van der Waals surface area contributed by atoms with Crippen LogP contribution in [-0.2, 0) is 6.18 Å². The van der Waals surface area contributed by atoms with Gasteiger partial charge in [0.15, 0.2) is 0 Å². The highest BCUT2D eigenvalue weighted by Gasteiger charge is 2.31. The average Bonchev–Trinajstić information content (AvgIpc) is 2.88. The number of hydrogen-bond acceptors (Lipinski definition) is 3. The molecule has 4 rings (SSSR count). The number of piperazine rings is 1. The largest absolute Gasteiger partial charge is 0.683 e. The van der Waals surface area contributed by atoms with Gasteiger partial charge in [-0.1, -0.05) is 37.5 Å². The molecule has 2 saturated heterocycles. The zero-order valence-electron chi connectivity index (χ0n) is 21.0. The summed E-state index contributed by atoms with van der Waals surface area (Å²) in [5.41, 5.74) is 3.22. The number of benzene rings is 2. The first kappa shape index (κ1) is 26.3. The second kappa shape index (κ2) is 12.0. The third kappa shape index (κ3) is 6.72. The summed E-state index contributed by atoms with van der Waals surface area (Å²) in [5.74, 6) is 0.399. The van der Waals surface area contributed by atoms with Gasteiger partial charge in [-0.3, -0.25) is 4.79 Å². The van der Waals surface area contributed by atoms with Gasteiger partial charge in [0.05, 0.1) is 5.56 Å². The molecular weight excluding hydrogens is 465 g/mol. The minimum atomic E-state index is -4.39. The number of piperidine rings is 1. The second-order valence-electron chi connectivity index (χ2n) is 9.87. The van der Waals surface area contributed by atoms with E-state index in [-0.39, 0.29) is 5.91 Å². The van der Waals surface area contributed by atoms with Crippen LogP contribution in [0.5, 0.6) is 0 Å². The van der Waals surface area contributed by atoms with E-state index in [0.29, 0.717) is 24.6 Å². The molecule has 2 fully saturated rings. The van der Waals surface area contributed by atoms with Gasteiger partial charge in [0.2, 0.25) is 0 Å². The molecule has 0 unspecified atom stereocenters. The smallest absolute Gasteiger partial charge is 0.416 e. The number of aryl methyl sites for hydroxylation is 1. The van der Waals surface area contributed by atoms with Crippen LogP contribution in [0.3, 0.4) is 0 Å². The van der Waals surface area contributed by atoms with Gasteiger partial charge in [0.1, 0.15) is 0 Å². The number of anilines is 1. The van der Waals surface area contributed by atoms with E-state index in [0.717, 1.165) is 82.6 Å². The van der Waals surface area contributed by atoms with Gasteiger partial charge in [0.25, 0.3) is 5.91 Å². The maximum absolute atomic E-state index is 12.8. The maximum Gasteiger partial charge on any atom is 0.416 e. The molecule has 0 aliphatic carbocycles. The summed E-state index contributed by atoms with van der Waals surface area (Å²) in [7, 11) is 0. The molecule has 196 valence electrons. The summed E-state index contributed by atoms with van der Waals surface area (Å²) in [5, 5.41) is 8.34. The zero-order valence-corrected chi connectivity index (χ0v) is 21.0. The number of unbranched alkanes of at least 4 members (excludes halogenated alkanes) is 1. The summed E-state index contributed by atoms with van der Waals surface area (Å²) in [6.45, 7) is 8.31. The standard InChI is InChI=1S/C28H36F3N4O/c1-21-5-4-7-25(26(21)34-19-15-32-16-20-34)33-14-3-2-6-22-12-17-35(18-13-22)27(36)23-8-10-24(11-9-23)28(29,30)31/h4-5,7-11,22,32H,2-3,6,12-20H2,1H3/q-1. The predicted octanol–water partition coefficient (Wildman–Crippen LogP) is 6.15. The molecule has 0 spiro atoms. The van der Waals surface area contributed by atoms with E-state index >= 15 is 0 Å². The summed E-state index contributed by atoms with van der Waals surface area (Å²) in [4.78, 5) is 16.9. The van der Waals surface area contributed by atoms with E-state index in [1.54, 1.807) is 4.90 Å². The summed E-state index contributed by atoms with van der Waals surface area (Å²) in [6.07, 6.45) is 0.759. The normalized spacial score (nSPS) is 17.3. The molecular formula is C28H36F3N4O-. The Bertz CT molecular complexity index is 995.